The van der Waals surface area contributed by atoms with Crippen molar-refractivity contribution < 1.29 is 14.0 Å². The molecular formula is C18H20FN3O3S. The highest BCUT2D eigenvalue weighted by molar-refractivity contribution is 7.07. The monoisotopic (exact) mass is 377 g/mol. The molecule has 26 heavy (non-hydrogen) atoms. The lowest BCUT2D eigenvalue weighted by atomic mass is 10.1. The van der Waals surface area contributed by atoms with Crippen LogP contribution in [-0.2, 0) is 11.3 Å². The Morgan fingerprint density at radius 1 is 1.12 bits per heavy atom. The summed E-state index contributed by atoms with van der Waals surface area (Å²) in [5.74, 6) is -0.927. The smallest absolute Gasteiger partial charge is 0.307 e. The number of carbonyl (C=O) groups excluding carboxylic acids is 2. The predicted molar refractivity (Wildman–Crippen MR) is 96.8 cm³/mol. The second kappa shape index (κ2) is 7.82. The Morgan fingerprint density at radius 2 is 1.77 bits per heavy atom. The third-order valence-corrected chi connectivity index (χ3v) is 5.43. The van der Waals surface area contributed by atoms with Gasteiger partial charge in [-0.2, -0.15) is 0 Å². The summed E-state index contributed by atoms with van der Waals surface area (Å²) in [7, 11) is 0. The van der Waals surface area contributed by atoms with Crippen molar-refractivity contribution in [1.82, 2.24) is 14.4 Å². The number of aromatic nitrogens is 1. The molecule has 0 aliphatic carbocycles. The van der Waals surface area contributed by atoms with Crippen molar-refractivity contribution in [3.05, 3.63) is 56.4 Å². The molecule has 1 fully saturated rings. The van der Waals surface area contributed by atoms with Crippen LogP contribution >= 0.6 is 11.3 Å². The number of halogens is 1. The van der Waals surface area contributed by atoms with Gasteiger partial charge in [-0.1, -0.05) is 23.5 Å². The van der Waals surface area contributed by atoms with Gasteiger partial charge in [0, 0.05) is 50.2 Å². The summed E-state index contributed by atoms with van der Waals surface area (Å²) in [4.78, 5) is 39.7. The van der Waals surface area contributed by atoms with Gasteiger partial charge in [-0.3, -0.25) is 14.4 Å². The summed E-state index contributed by atoms with van der Waals surface area (Å²) in [5, 5.41) is 1.78. The summed E-state index contributed by atoms with van der Waals surface area (Å²) >= 11 is 1.13. The van der Waals surface area contributed by atoms with E-state index >= 15 is 0 Å². The summed E-state index contributed by atoms with van der Waals surface area (Å²) in [6.07, 6.45) is 0.249. The van der Waals surface area contributed by atoms with Crippen molar-refractivity contribution in [3.8, 4) is 0 Å². The van der Waals surface area contributed by atoms with E-state index in [9.17, 15) is 18.8 Å². The van der Waals surface area contributed by atoms with Gasteiger partial charge in [0.25, 0.3) is 5.91 Å². The summed E-state index contributed by atoms with van der Waals surface area (Å²) in [6, 6.07) is 5.91. The molecule has 0 bridgehead atoms. The van der Waals surface area contributed by atoms with E-state index in [-0.39, 0.29) is 28.7 Å². The Bertz CT molecular complexity index is 869. The first kappa shape index (κ1) is 18.3. The van der Waals surface area contributed by atoms with Crippen LogP contribution in [0.2, 0.25) is 0 Å². The van der Waals surface area contributed by atoms with Crippen LogP contribution in [0, 0.1) is 12.7 Å². The molecule has 1 aliphatic rings. The van der Waals surface area contributed by atoms with Gasteiger partial charge in [-0.15, -0.1) is 0 Å². The van der Waals surface area contributed by atoms with Gasteiger partial charge in [0.2, 0.25) is 5.91 Å². The van der Waals surface area contributed by atoms with E-state index in [1.807, 2.05) is 6.92 Å². The van der Waals surface area contributed by atoms with Crippen molar-refractivity contribution in [2.45, 2.75) is 19.9 Å². The molecule has 0 unspecified atom stereocenters. The van der Waals surface area contributed by atoms with Crippen LogP contribution in [-0.4, -0.2) is 52.4 Å². The van der Waals surface area contributed by atoms with Crippen LogP contribution in [0.15, 0.2) is 34.4 Å². The number of amides is 2. The first-order valence-corrected chi connectivity index (χ1v) is 9.32. The van der Waals surface area contributed by atoms with E-state index in [4.69, 9.17) is 0 Å². The highest BCUT2D eigenvalue weighted by Crippen LogP contribution is 2.13. The average molecular weight is 377 g/mol. The minimum Gasteiger partial charge on any atom is -0.339 e. The highest BCUT2D eigenvalue weighted by Gasteiger charge is 2.26. The third kappa shape index (κ3) is 3.85. The lowest BCUT2D eigenvalue weighted by Gasteiger charge is -2.35. The standard InChI is InChI=1S/C18H20FN3O3S/c1-13-12-26-18(25)22(13)7-6-16(23)20-8-10-21(11-9-20)17(24)14-4-2-3-5-15(14)19/h2-5,12H,6-11H2,1H3. The van der Waals surface area contributed by atoms with Crippen LogP contribution in [0.5, 0.6) is 0 Å². The average Bonchev–Trinajstić information content (AvgIpc) is 2.97. The molecule has 2 aromatic rings. The van der Waals surface area contributed by atoms with Crippen molar-refractivity contribution in [2.24, 2.45) is 0 Å². The lowest BCUT2D eigenvalue weighted by molar-refractivity contribution is -0.132. The molecule has 2 heterocycles. The molecule has 3 rings (SSSR count). The zero-order chi connectivity index (χ0) is 18.7. The first-order valence-electron chi connectivity index (χ1n) is 8.44. The number of hydrogen-bond donors (Lipinski definition) is 0. The lowest BCUT2D eigenvalue weighted by Crippen LogP contribution is -2.50. The minimum absolute atomic E-state index is 0.0412. The van der Waals surface area contributed by atoms with Gasteiger partial charge in [-0.25, -0.2) is 4.39 Å². The molecule has 138 valence electrons. The van der Waals surface area contributed by atoms with Crippen molar-refractivity contribution in [1.29, 1.82) is 0 Å². The van der Waals surface area contributed by atoms with Crippen LogP contribution in [0.1, 0.15) is 22.5 Å². The second-order valence-corrected chi connectivity index (χ2v) is 7.02. The summed E-state index contributed by atoms with van der Waals surface area (Å²) in [5.41, 5.74) is 0.910. The maximum Gasteiger partial charge on any atom is 0.307 e. The number of aryl methyl sites for hydroxylation is 1. The Balaban J connectivity index is 1.53. The normalized spacial score (nSPS) is 14.5. The van der Waals surface area contributed by atoms with Crippen LogP contribution in [0.25, 0.3) is 0 Å². The highest BCUT2D eigenvalue weighted by atomic mass is 32.1. The van der Waals surface area contributed by atoms with Crippen LogP contribution in [0.3, 0.4) is 0 Å². The van der Waals surface area contributed by atoms with Crippen molar-refractivity contribution in [2.75, 3.05) is 26.2 Å². The SMILES string of the molecule is Cc1csc(=O)n1CCC(=O)N1CCN(C(=O)c2ccccc2F)CC1. The van der Waals surface area contributed by atoms with E-state index in [0.717, 1.165) is 17.0 Å². The largest absolute Gasteiger partial charge is 0.339 e. The quantitative estimate of drug-likeness (QED) is 0.815. The maximum absolute atomic E-state index is 13.8. The number of piperazine rings is 1. The van der Waals surface area contributed by atoms with Gasteiger partial charge >= 0.3 is 4.87 Å². The van der Waals surface area contributed by atoms with E-state index in [1.165, 1.54) is 12.1 Å². The minimum atomic E-state index is -0.535. The fraction of sp³-hybridized carbons (Fsp3) is 0.389. The van der Waals surface area contributed by atoms with Gasteiger partial charge in [-0.05, 0) is 19.1 Å². The van der Waals surface area contributed by atoms with E-state index in [2.05, 4.69) is 0 Å². The summed E-state index contributed by atoms with van der Waals surface area (Å²) < 4.78 is 15.4. The Kier molecular flexibility index (Phi) is 5.51. The van der Waals surface area contributed by atoms with Crippen LogP contribution < -0.4 is 4.87 Å². The molecule has 2 amide bonds. The maximum atomic E-state index is 13.8. The first-order chi connectivity index (χ1) is 12.5. The third-order valence-electron chi connectivity index (χ3n) is 4.55. The molecule has 0 atom stereocenters. The van der Waals surface area contributed by atoms with E-state index < -0.39 is 5.82 Å². The number of benzene rings is 1. The number of rotatable bonds is 4. The summed E-state index contributed by atoms with van der Waals surface area (Å²) in [6.45, 7) is 3.77. The van der Waals surface area contributed by atoms with Crippen molar-refractivity contribution >= 4 is 23.2 Å². The molecule has 8 heteroatoms. The van der Waals surface area contributed by atoms with Crippen molar-refractivity contribution in [3.63, 3.8) is 0 Å². The molecule has 0 N–H and O–H groups in total. The Labute approximate surface area is 154 Å². The number of hydrogen-bond acceptors (Lipinski definition) is 4. The Morgan fingerprint density at radius 3 is 2.38 bits per heavy atom. The molecule has 0 radical (unpaired) electrons. The number of thiazole rings is 1. The van der Waals surface area contributed by atoms with E-state index in [0.29, 0.717) is 32.7 Å². The Hall–Kier alpha value is -2.48. The predicted octanol–water partition coefficient (Wildman–Crippen LogP) is 1.73. The molecule has 1 aromatic carbocycles. The fourth-order valence-corrected chi connectivity index (χ4v) is 3.77. The zero-order valence-corrected chi connectivity index (χ0v) is 15.3. The van der Waals surface area contributed by atoms with Gasteiger partial charge in [0.1, 0.15) is 5.82 Å². The molecule has 0 saturated carbocycles. The molecule has 1 saturated heterocycles. The molecule has 1 aliphatic heterocycles. The second-order valence-electron chi connectivity index (χ2n) is 6.20. The van der Waals surface area contributed by atoms with Gasteiger partial charge in [0.15, 0.2) is 0 Å². The van der Waals surface area contributed by atoms with Crippen LogP contribution in [0.4, 0.5) is 4.39 Å². The van der Waals surface area contributed by atoms with E-state index in [1.54, 1.807) is 31.9 Å². The fourth-order valence-electron chi connectivity index (χ4n) is 3.00. The number of nitrogens with zero attached hydrogens (tertiary/aromatic N) is 3. The molecular weight excluding hydrogens is 357 g/mol. The van der Waals surface area contributed by atoms with Gasteiger partial charge in [0.05, 0.1) is 5.56 Å². The molecule has 0 spiro atoms. The topological polar surface area (TPSA) is 62.6 Å². The zero-order valence-electron chi connectivity index (χ0n) is 14.5. The number of carbonyl (C=O) groups is 2. The van der Waals surface area contributed by atoms with Gasteiger partial charge < -0.3 is 14.4 Å². The molecule has 6 nitrogen and oxygen atoms in total. The molecule has 1 aromatic heterocycles.